The Morgan fingerprint density at radius 3 is 2.64 bits per heavy atom. The van der Waals surface area contributed by atoms with Crippen molar-refractivity contribution >= 4 is 11.0 Å². The molecule has 0 amide bonds. The maximum absolute atomic E-state index is 5.50. The van der Waals surface area contributed by atoms with Gasteiger partial charge in [-0.05, 0) is 31.5 Å². The van der Waals surface area contributed by atoms with Crippen LogP contribution in [0.15, 0.2) is 42.9 Å². The van der Waals surface area contributed by atoms with E-state index in [1.54, 1.807) is 0 Å². The van der Waals surface area contributed by atoms with Gasteiger partial charge in [0, 0.05) is 18.3 Å². The van der Waals surface area contributed by atoms with E-state index in [0.29, 0.717) is 0 Å². The van der Waals surface area contributed by atoms with Crippen molar-refractivity contribution in [3.05, 3.63) is 42.9 Å². The second-order valence-corrected chi connectivity index (χ2v) is 5.44. The molecule has 2 heterocycles. The third-order valence-corrected chi connectivity index (χ3v) is 3.72. The Balaban J connectivity index is 1.66. The van der Waals surface area contributed by atoms with E-state index in [4.69, 9.17) is 5.73 Å². The van der Waals surface area contributed by atoms with Gasteiger partial charge in [0.05, 0.1) is 29.1 Å². The largest absolute Gasteiger partial charge is 0.330 e. The minimum Gasteiger partial charge on any atom is -0.330 e. The molecule has 0 atom stereocenters. The van der Waals surface area contributed by atoms with Crippen LogP contribution >= 0.6 is 0 Å². The van der Waals surface area contributed by atoms with Gasteiger partial charge >= 0.3 is 0 Å². The number of hydrogen-bond acceptors (Lipinski definition) is 4. The fourth-order valence-electron chi connectivity index (χ4n) is 2.49. The molecular weight excluding hydrogens is 274 g/mol. The number of fused-ring (bicyclic) bond motifs is 1. The van der Waals surface area contributed by atoms with E-state index in [2.05, 4.69) is 15.1 Å². The molecule has 5 nitrogen and oxygen atoms in total. The van der Waals surface area contributed by atoms with Gasteiger partial charge in [0.25, 0.3) is 0 Å². The number of aromatic nitrogens is 4. The summed E-state index contributed by atoms with van der Waals surface area (Å²) >= 11 is 0. The van der Waals surface area contributed by atoms with Crippen LogP contribution in [0.4, 0.5) is 0 Å². The molecule has 114 valence electrons. The molecule has 5 heteroatoms. The van der Waals surface area contributed by atoms with Gasteiger partial charge in [-0.1, -0.05) is 25.0 Å². The van der Waals surface area contributed by atoms with E-state index >= 15 is 0 Å². The van der Waals surface area contributed by atoms with Gasteiger partial charge in [-0.2, -0.15) is 5.10 Å². The Kier molecular flexibility index (Phi) is 4.75. The highest BCUT2D eigenvalue weighted by molar-refractivity contribution is 5.76. The summed E-state index contributed by atoms with van der Waals surface area (Å²) in [4.78, 5) is 9.10. The van der Waals surface area contributed by atoms with Crippen LogP contribution in [0.5, 0.6) is 0 Å². The van der Waals surface area contributed by atoms with E-state index in [-0.39, 0.29) is 0 Å². The Bertz CT molecular complexity index is 735. The molecule has 0 fully saturated rings. The topological polar surface area (TPSA) is 69.6 Å². The third kappa shape index (κ3) is 3.49. The van der Waals surface area contributed by atoms with Crippen molar-refractivity contribution in [1.82, 2.24) is 19.7 Å². The van der Waals surface area contributed by atoms with Crippen LogP contribution in [-0.2, 0) is 6.54 Å². The standard InChI is InChI=1S/C17H21N5/c18-9-5-1-2-6-10-22-13-14(11-20-22)17-12-19-15-7-3-4-8-16(15)21-17/h3-4,7-8,11-13H,1-2,5-6,9-10,18H2. The van der Waals surface area contributed by atoms with Crippen LogP contribution in [0.25, 0.3) is 22.3 Å². The Morgan fingerprint density at radius 1 is 0.955 bits per heavy atom. The third-order valence-electron chi connectivity index (χ3n) is 3.72. The highest BCUT2D eigenvalue weighted by Crippen LogP contribution is 2.18. The van der Waals surface area contributed by atoms with Gasteiger partial charge < -0.3 is 5.73 Å². The number of nitrogens with two attached hydrogens (primary N) is 1. The minimum atomic E-state index is 0.784. The number of nitrogens with zero attached hydrogens (tertiary/aromatic N) is 4. The highest BCUT2D eigenvalue weighted by atomic mass is 15.3. The van der Waals surface area contributed by atoms with Crippen molar-refractivity contribution in [2.24, 2.45) is 5.73 Å². The molecule has 22 heavy (non-hydrogen) atoms. The molecule has 0 bridgehead atoms. The fraction of sp³-hybridized carbons (Fsp3) is 0.353. The number of hydrogen-bond donors (Lipinski definition) is 1. The summed E-state index contributed by atoms with van der Waals surface area (Å²) < 4.78 is 1.98. The number of benzene rings is 1. The molecule has 2 aromatic heterocycles. The molecule has 0 aliphatic heterocycles. The first-order valence-corrected chi connectivity index (χ1v) is 7.81. The summed E-state index contributed by atoms with van der Waals surface area (Å²) in [6.07, 6.45) is 10.3. The van der Waals surface area contributed by atoms with Crippen molar-refractivity contribution < 1.29 is 0 Å². The molecule has 3 aromatic rings. The summed E-state index contributed by atoms with van der Waals surface area (Å²) in [5.41, 5.74) is 9.21. The summed E-state index contributed by atoms with van der Waals surface area (Å²) in [6, 6.07) is 7.90. The number of aryl methyl sites for hydroxylation is 1. The molecule has 0 saturated carbocycles. The smallest absolute Gasteiger partial charge is 0.0924 e. The number of para-hydroxylation sites is 2. The van der Waals surface area contributed by atoms with E-state index in [0.717, 1.165) is 48.2 Å². The highest BCUT2D eigenvalue weighted by Gasteiger charge is 2.05. The quantitative estimate of drug-likeness (QED) is 0.680. The molecule has 0 radical (unpaired) electrons. The van der Waals surface area contributed by atoms with Crippen LogP contribution in [0.2, 0.25) is 0 Å². The maximum Gasteiger partial charge on any atom is 0.0924 e. The summed E-state index contributed by atoms with van der Waals surface area (Å²) in [6.45, 7) is 1.72. The average molecular weight is 295 g/mol. The molecule has 3 rings (SSSR count). The molecular formula is C17H21N5. The van der Waals surface area contributed by atoms with Crippen LogP contribution in [0, 0.1) is 0 Å². The zero-order valence-electron chi connectivity index (χ0n) is 12.7. The molecule has 2 N–H and O–H groups in total. The molecule has 1 aromatic carbocycles. The zero-order valence-corrected chi connectivity index (χ0v) is 12.7. The van der Waals surface area contributed by atoms with Gasteiger partial charge in [0.2, 0.25) is 0 Å². The minimum absolute atomic E-state index is 0.784. The Morgan fingerprint density at radius 2 is 1.77 bits per heavy atom. The first kappa shape index (κ1) is 14.7. The van der Waals surface area contributed by atoms with Gasteiger partial charge in [-0.15, -0.1) is 0 Å². The summed E-state index contributed by atoms with van der Waals surface area (Å²) in [7, 11) is 0. The van der Waals surface area contributed by atoms with Crippen LogP contribution in [-0.4, -0.2) is 26.3 Å². The Labute approximate surface area is 130 Å². The van der Waals surface area contributed by atoms with Gasteiger partial charge in [0.15, 0.2) is 0 Å². The van der Waals surface area contributed by atoms with Gasteiger partial charge in [-0.3, -0.25) is 9.67 Å². The molecule has 0 aliphatic rings. The lowest BCUT2D eigenvalue weighted by atomic mass is 10.2. The summed E-state index contributed by atoms with van der Waals surface area (Å²) in [5, 5.41) is 4.41. The summed E-state index contributed by atoms with van der Waals surface area (Å²) in [5.74, 6) is 0. The van der Waals surface area contributed by atoms with Crippen molar-refractivity contribution in [3.63, 3.8) is 0 Å². The number of unbranched alkanes of at least 4 members (excludes halogenated alkanes) is 3. The Hall–Kier alpha value is -2.27. The van der Waals surface area contributed by atoms with E-state index in [1.165, 1.54) is 12.8 Å². The predicted molar refractivity (Wildman–Crippen MR) is 88.3 cm³/mol. The first-order valence-electron chi connectivity index (χ1n) is 7.81. The first-order chi connectivity index (χ1) is 10.9. The fourth-order valence-corrected chi connectivity index (χ4v) is 2.49. The average Bonchev–Trinajstić information content (AvgIpc) is 3.03. The second kappa shape index (κ2) is 7.13. The van der Waals surface area contributed by atoms with E-state index in [1.807, 2.05) is 47.5 Å². The lowest BCUT2D eigenvalue weighted by Crippen LogP contribution is -2.00. The molecule has 0 unspecified atom stereocenters. The van der Waals surface area contributed by atoms with Crippen molar-refractivity contribution in [2.45, 2.75) is 32.2 Å². The van der Waals surface area contributed by atoms with E-state index < -0.39 is 0 Å². The lowest BCUT2D eigenvalue weighted by molar-refractivity contribution is 0.537. The lowest BCUT2D eigenvalue weighted by Gasteiger charge is -2.01. The van der Waals surface area contributed by atoms with Crippen LogP contribution in [0.1, 0.15) is 25.7 Å². The molecule has 0 spiro atoms. The van der Waals surface area contributed by atoms with Gasteiger partial charge in [0.1, 0.15) is 0 Å². The maximum atomic E-state index is 5.50. The zero-order chi connectivity index (χ0) is 15.2. The normalized spacial score (nSPS) is 11.1. The van der Waals surface area contributed by atoms with Crippen LogP contribution in [0.3, 0.4) is 0 Å². The van der Waals surface area contributed by atoms with Gasteiger partial charge in [-0.25, -0.2) is 4.98 Å². The van der Waals surface area contributed by atoms with Crippen LogP contribution < -0.4 is 5.73 Å². The second-order valence-electron chi connectivity index (χ2n) is 5.44. The van der Waals surface area contributed by atoms with Crippen molar-refractivity contribution in [2.75, 3.05) is 6.54 Å². The van der Waals surface area contributed by atoms with Crippen molar-refractivity contribution in [3.8, 4) is 11.3 Å². The predicted octanol–water partition coefficient (Wildman–Crippen LogP) is 3.01. The SMILES string of the molecule is NCCCCCCn1cc(-c2cnc3ccccc3n2)cn1. The van der Waals surface area contributed by atoms with Crippen molar-refractivity contribution in [1.29, 1.82) is 0 Å². The number of rotatable bonds is 7. The molecule has 0 aliphatic carbocycles. The molecule has 0 saturated heterocycles. The monoisotopic (exact) mass is 295 g/mol. The van der Waals surface area contributed by atoms with E-state index in [9.17, 15) is 0 Å².